The highest BCUT2D eigenvalue weighted by molar-refractivity contribution is 7.88. The van der Waals surface area contributed by atoms with Gasteiger partial charge in [0.05, 0.1) is 6.26 Å². The Morgan fingerprint density at radius 2 is 1.86 bits per heavy atom. The number of amides is 2. The van der Waals surface area contributed by atoms with Crippen LogP contribution in [0.5, 0.6) is 0 Å². The van der Waals surface area contributed by atoms with Crippen LogP contribution in [0.1, 0.15) is 38.7 Å². The molecule has 0 fully saturated rings. The molecule has 0 saturated heterocycles. The Balaban J connectivity index is 2.72. The number of unbranched alkanes of at least 4 members (excludes halogenated alkanes) is 1. The number of nitriles is 1. The van der Waals surface area contributed by atoms with Crippen molar-refractivity contribution in [1.82, 2.24) is 15.4 Å². The number of carbonyl (C=O) groups is 2. The summed E-state index contributed by atoms with van der Waals surface area (Å²) in [6.45, 7) is 3.93. The molecule has 2 amide bonds. The van der Waals surface area contributed by atoms with E-state index in [4.69, 9.17) is 9.92 Å². The first kappa shape index (κ1) is 30.3. The Morgan fingerprint density at radius 1 is 1.20 bits per heavy atom. The highest BCUT2D eigenvalue weighted by Gasteiger charge is 2.26. The molecule has 0 bridgehead atoms. The second kappa shape index (κ2) is 15.3. The predicted molar refractivity (Wildman–Crippen MR) is 131 cm³/mol. The molecule has 0 radical (unpaired) electrons. The van der Waals surface area contributed by atoms with Crippen LogP contribution in [0.3, 0.4) is 0 Å². The van der Waals surface area contributed by atoms with Crippen LogP contribution in [0, 0.1) is 17.2 Å². The number of carbonyl (C=O) groups excluding carboxylic acids is 2. The van der Waals surface area contributed by atoms with Crippen LogP contribution in [-0.4, -0.2) is 62.7 Å². The Bertz CT molecular complexity index is 995. The van der Waals surface area contributed by atoms with Gasteiger partial charge in [-0.1, -0.05) is 50.3 Å². The van der Waals surface area contributed by atoms with Crippen molar-refractivity contribution in [3.63, 3.8) is 0 Å². The molecule has 0 aromatic heterocycles. The summed E-state index contributed by atoms with van der Waals surface area (Å²) in [7, 11) is -5.87. The van der Waals surface area contributed by atoms with Gasteiger partial charge in [-0.3, -0.25) is 9.59 Å². The molecule has 35 heavy (non-hydrogen) atoms. The summed E-state index contributed by atoms with van der Waals surface area (Å²) in [5.41, 5.74) is 0.775. The minimum absolute atomic E-state index is 0.0199. The second-order valence-corrected chi connectivity index (χ2v) is 10.1. The van der Waals surface area contributed by atoms with Crippen molar-refractivity contribution in [3.05, 3.63) is 47.5 Å². The molecule has 0 heterocycles. The lowest BCUT2D eigenvalue weighted by atomic mass is 10.1. The van der Waals surface area contributed by atoms with E-state index in [1.807, 2.05) is 19.9 Å². The molecule has 0 unspecified atom stereocenters. The Labute approximate surface area is 206 Å². The zero-order chi connectivity index (χ0) is 26.4. The number of sulfonamides is 1. The van der Waals surface area contributed by atoms with Crippen LogP contribution < -0.4 is 15.4 Å². The molecule has 5 N–H and O–H groups in total. The van der Waals surface area contributed by atoms with Gasteiger partial charge in [0.2, 0.25) is 15.9 Å². The van der Waals surface area contributed by atoms with E-state index in [0.717, 1.165) is 11.8 Å². The third kappa shape index (κ3) is 13.7. The van der Waals surface area contributed by atoms with Crippen molar-refractivity contribution in [2.24, 2.45) is 5.92 Å². The molecule has 192 valence electrons. The fraction of sp³-hybridized carbons (Fsp3) is 0.500. The number of nitrogens with one attached hydrogen (secondary N) is 3. The van der Waals surface area contributed by atoms with E-state index in [0.29, 0.717) is 12.8 Å². The monoisotopic (exact) mass is 508 g/mol. The third-order valence-electron chi connectivity index (χ3n) is 4.60. The molecular weight excluding hydrogens is 475 g/mol. The lowest BCUT2D eigenvalue weighted by molar-refractivity contribution is -0.126. The molecule has 0 aliphatic carbocycles. The van der Waals surface area contributed by atoms with E-state index in [9.17, 15) is 28.1 Å². The van der Waals surface area contributed by atoms with Crippen molar-refractivity contribution in [3.8, 4) is 6.07 Å². The zero-order valence-corrected chi connectivity index (χ0v) is 20.9. The van der Waals surface area contributed by atoms with Crippen LogP contribution >= 0.6 is 0 Å². The Hall–Kier alpha value is -2.76. The normalized spacial score (nSPS) is 13.6. The van der Waals surface area contributed by atoms with Crippen LogP contribution in [0.2, 0.25) is 0 Å². The summed E-state index contributed by atoms with van der Waals surface area (Å²) in [5, 5.41) is 32.6. The summed E-state index contributed by atoms with van der Waals surface area (Å²) in [6, 6.07) is 9.58. The fourth-order valence-electron chi connectivity index (χ4n) is 3.14. The summed E-state index contributed by atoms with van der Waals surface area (Å²) >= 11 is 0. The van der Waals surface area contributed by atoms with E-state index in [2.05, 4.69) is 15.4 Å². The number of nitrogens with zero attached hydrogens (tertiary/aromatic N) is 1. The summed E-state index contributed by atoms with van der Waals surface area (Å²) in [4.78, 5) is 24.9. The van der Waals surface area contributed by atoms with E-state index in [1.54, 1.807) is 36.4 Å². The van der Waals surface area contributed by atoms with Gasteiger partial charge in [-0.2, -0.15) is 5.26 Å². The molecule has 2 atom stereocenters. The highest BCUT2D eigenvalue weighted by Crippen LogP contribution is 2.08. The maximum atomic E-state index is 12.8. The molecule has 13 heteroatoms. The topological polar surface area (TPSA) is 178 Å². The van der Waals surface area contributed by atoms with Crippen molar-refractivity contribution >= 4 is 29.2 Å². The fourth-order valence-corrected chi connectivity index (χ4v) is 3.88. The largest absolute Gasteiger partial charge is 0.635 e. The van der Waals surface area contributed by atoms with Gasteiger partial charge in [0.1, 0.15) is 23.9 Å². The first-order valence-corrected chi connectivity index (χ1v) is 13.0. The minimum atomic E-state index is -3.73. The molecule has 0 aliphatic rings. The quantitative estimate of drug-likeness (QED) is 0.0721. The minimum Gasteiger partial charge on any atom is -0.402 e. The van der Waals surface area contributed by atoms with E-state index in [1.165, 1.54) is 0 Å². The summed E-state index contributed by atoms with van der Waals surface area (Å²) in [6.07, 6.45) is 2.40. The van der Waals surface area contributed by atoms with E-state index in [-0.39, 0.29) is 30.9 Å². The van der Waals surface area contributed by atoms with Crippen LogP contribution in [0.15, 0.2) is 42.0 Å². The van der Waals surface area contributed by atoms with Crippen LogP contribution in [0.25, 0.3) is 0 Å². The van der Waals surface area contributed by atoms with Crippen molar-refractivity contribution in [2.75, 3.05) is 12.8 Å². The van der Waals surface area contributed by atoms with E-state index >= 15 is 0 Å². The molecule has 1 rings (SSSR count). The predicted octanol–water partition coefficient (Wildman–Crippen LogP) is -0.0322. The number of rotatable bonds is 15. The standard InChI is InChI=1S/C22H33BN4O7S/c1-16(2)13-18(15-24)21(28)25-12-8-7-11-19(27-35(3,32)33)22(29)26-20(34-23(30)31)14-17-9-5-4-6-10-17/h4-6,9-10,13,16,19-20,27,30-31H,7-8,11-12,14H2,1-3H3,(H,25,28)(H,26,29)/t19-,20+/m0/s1. The third-order valence-corrected chi connectivity index (χ3v) is 5.31. The smallest absolute Gasteiger partial charge is 0.402 e. The number of benzene rings is 1. The highest BCUT2D eigenvalue weighted by atomic mass is 32.2. The SMILES string of the molecule is CC(C)C=C(C#N)C(=O)NCCCC[C@H](NS(C)(=O)=O)C(=O)N[C@@H](Cc1ccccc1)OB(O)O. The molecular formula is C22H33BN4O7S. The van der Waals surface area contributed by atoms with Crippen LogP contribution in [-0.2, 0) is 30.7 Å². The average Bonchev–Trinajstić information content (AvgIpc) is 2.75. The van der Waals surface area contributed by atoms with Gasteiger partial charge in [-0.15, -0.1) is 0 Å². The van der Waals surface area contributed by atoms with Gasteiger partial charge in [0.25, 0.3) is 5.91 Å². The van der Waals surface area contributed by atoms with Gasteiger partial charge in [0, 0.05) is 13.0 Å². The second-order valence-electron chi connectivity index (χ2n) is 8.28. The average molecular weight is 508 g/mol. The van der Waals surface area contributed by atoms with Gasteiger partial charge in [-0.25, -0.2) is 13.1 Å². The lowest BCUT2D eigenvalue weighted by Crippen LogP contribution is -2.51. The molecule has 0 saturated carbocycles. The molecule has 11 nitrogen and oxygen atoms in total. The first-order valence-electron chi connectivity index (χ1n) is 11.1. The maximum Gasteiger partial charge on any atom is 0.635 e. The summed E-state index contributed by atoms with van der Waals surface area (Å²) < 4.78 is 30.8. The maximum absolute atomic E-state index is 12.8. The number of hydrogen-bond acceptors (Lipinski definition) is 8. The van der Waals surface area contributed by atoms with Gasteiger partial charge in [-0.05, 0) is 30.7 Å². The first-order chi connectivity index (χ1) is 16.4. The van der Waals surface area contributed by atoms with Gasteiger partial charge < -0.3 is 25.3 Å². The van der Waals surface area contributed by atoms with Gasteiger partial charge >= 0.3 is 7.32 Å². The Kier molecular flexibility index (Phi) is 13.2. The zero-order valence-electron chi connectivity index (χ0n) is 20.1. The van der Waals surface area contributed by atoms with E-state index < -0.39 is 41.4 Å². The molecule has 1 aromatic carbocycles. The van der Waals surface area contributed by atoms with Crippen LogP contribution in [0.4, 0.5) is 0 Å². The lowest BCUT2D eigenvalue weighted by Gasteiger charge is -2.23. The van der Waals surface area contributed by atoms with Crippen molar-refractivity contribution in [2.45, 2.75) is 51.8 Å². The molecule has 0 aliphatic heterocycles. The Morgan fingerprint density at radius 3 is 2.40 bits per heavy atom. The van der Waals surface area contributed by atoms with Crippen molar-refractivity contribution < 1.29 is 32.7 Å². The van der Waals surface area contributed by atoms with Gasteiger partial charge in [0.15, 0.2) is 0 Å². The number of hydrogen-bond donors (Lipinski definition) is 5. The molecule has 1 aromatic rings. The molecule has 0 spiro atoms. The number of allylic oxidation sites excluding steroid dienone is 1. The van der Waals surface area contributed by atoms with Crippen molar-refractivity contribution in [1.29, 1.82) is 5.26 Å². The summed E-state index contributed by atoms with van der Waals surface area (Å²) in [5.74, 6) is -1.15.